The fraction of sp³-hybridized carbons (Fsp3) is 0.444. The van der Waals surface area contributed by atoms with E-state index in [1.54, 1.807) is 6.92 Å². The Morgan fingerprint density at radius 1 is 1.26 bits per heavy atom. The number of rotatable bonds is 4. The summed E-state index contributed by atoms with van der Waals surface area (Å²) >= 11 is 0. The zero-order valence-electron chi connectivity index (χ0n) is 14.8. The lowest BCUT2D eigenvalue weighted by molar-refractivity contribution is -0.398. The van der Waals surface area contributed by atoms with Gasteiger partial charge in [0.25, 0.3) is 5.69 Å². The summed E-state index contributed by atoms with van der Waals surface area (Å²) in [4.78, 5) is 35.0. The van der Waals surface area contributed by atoms with E-state index in [-0.39, 0.29) is 17.2 Å². The molecule has 2 amide bonds. The van der Waals surface area contributed by atoms with Crippen LogP contribution in [0.3, 0.4) is 0 Å². The maximum absolute atomic E-state index is 12.8. The van der Waals surface area contributed by atoms with Gasteiger partial charge in [-0.25, -0.2) is 9.59 Å². The Morgan fingerprint density at radius 3 is 2.63 bits per heavy atom. The highest BCUT2D eigenvalue weighted by Gasteiger charge is 2.34. The lowest BCUT2D eigenvalue weighted by Gasteiger charge is -2.30. The molecule has 0 bridgehead atoms. The number of benzene rings is 1. The van der Waals surface area contributed by atoms with Gasteiger partial charge in [-0.05, 0) is 43.9 Å². The summed E-state index contributed by atoms with van der Waals surface area (Å²) in [5.41, 5.74) is 0.149. The largest absolute Gasteiger partial charge is 0.868 e. The summed E-state index contributed by atoms with van der Waals surface area (Å²) in [6.45, 7) is 1.57. The van der Waals surface area contributed by atoms with E-state index in [9.17, 15) is 24.8 Å². The van der Waals surface area contributed by atoms with Gasteiger partial charge in [0.2, 0.25) is 0 Å². The molecule has 0 spiro atoms. The maximum Gasteiger partial charge on any atom is 0.338 e. The Morgan fingerprint density at radius 2 is 1.96 bits per heavy atom. The smallest absolute Gasteiger partial charge is 0.338 e. The van der Waals surface area contributed by atoms with E-state index in [4.69, 9.17) is 4.74 Å². The normalized spacial score (nSPS) is 20.6. The van der Waals surface area contributed by atoms with Crippen molar-refractivity contribution in [3.05, 3.63) is 45.1 Å². The standard InChI is InChI=1S/C18H21N3O6/c1-10-15(17(23)27-12-5-3-2-4-6-12)16(20-18(24)19-10)11-7-8-14(22)13(9-11)21(25)26/h7-9,12,16,22H,2-6H2,1H3,(H2,19,20,24)/p-1/t16-/m1/s1. The highest BCUT2D eigenvalue weighted by molar-refractivity contribution is 5.95. The van der Waals surface area contributed by atoms with Crippen molar-refractivity contribution in [1.82, 2.24) is 10.6 Å². The number of nitrogens with one attached hydrogen (secondary N) is 2. The summed E-state index contributed by atoms with van der Waals surface area (Å²) < 4.78 is 5.61. The van der Waals surface area contributed by atoms with Crippen molar-refractivity contribution >= 4 is 17.7 Å². The molecule has 0 aromatic heterocycles. The van der Waals surface area contributed by atoms with E-state index in [1.807, 2.05) is 0 Å². The lowest BCUT2D eigenvalue weighted by Crippen LogP contribution is -2.45. The van der Waals surface area contributed by atoms with Gasteiger partial charge in [-0.1, -0.05) is 18.6 Å². The van der Waals surface area contributed by atoms with Crippen molar-refractivity contribution in [1.29, 1.82) is 0 Å². The second-order valence-electron chi connectivity index (χ2n) is 6.72. The van der Waals surface area contributed by atoms with E-state index in [0.29, 0.717) is 5.70 Å². The number of amides is 2. The van der Waals surface area contributed by atoms with Gasteiger partial charge in [-0.2, -0.15) is 0 Å². The molecule has 144 valence electrons. The van der Waals surface area contributed by atoms with Crippen LogP contribution in [0.15, 0.2) is 29.5 Å². The third-order valence-corrected chi connectivity index (χ3v) is 4.83. The van der Waals surface area contributed by atoms with E-state index in [1.165, 1.54) is 6.07 Å². The first kappa shape index (κ1) is 18.7. The third-order valence-electron chi connectivity index (χ3n) is 4.83. The van der Waals surface area contributed by atoms with Crippen LogP contribution in [0.4, 0.5) is 10.5 Å². The molecule has 1 fully saturated rings. The van der Waals surface area contributed by atoms with Gasteiger partial charge in [0.1, 0.15) is 6.10 Å². The Balaban J connectivity index is 1.93. The van der Waals surface area contributed by atoms with E-state index < -0.39 is 34.4 Å². The highest BCUT2D eigenvalue weighted by atomic mass is 16.6. The minimum absolute atomic E-state index is 0.174. The molecule has 27 heavy (non-hydrogen) atoms. The Kier molecular flexibility index (Phi) is 5.29. The molecule has 0 saturated heterocycles. The summed E-state index contributed by atoms with van der Waals surface area (Å²) in [5.74, 6) is -1.32. The van der Waals surface area contributed by atoms with Gasteiger partial charge in [-0.3, -0.25) is 10.1 Å². The van der Waals surface area contributed by atoms with Gasteiger partial charge in [0.15, 0.2) is 0 Å². The Labute approximate surface area is 155 Å². The zero-order valence-corrected chi connectivity index (χ0v) is 14.8. The Bertz CT molecular complexity index is 813. The first-order valence-electron chi connectivity index (χ1n) is 8.81. The van der Waals surface area contributed by atoms with Crippen LogP contribution in [0, 0.1) is 10.1 Å². The number of ether oxygens (including phenoxy) is 1. The number of allylic oxidation sites excluding steroid dienone is 1. The topological polar surface area (TPSA) is 134 Å². The summed E-state index contributed by atoms with van der Waals surface area (Å²) in [6, 6.07) is 2.03. The van der Waals surface area contributed by atoms with Gasteiger partial charge in [0, 0.05) is 11.8 Å². The van der Waals surface area contributed by atoms with Crippen LogP contribution in [-0.4, -0.2) is 23.0 Å². The molecule has 2 aliphatic rings. The highest BCUT2D eigenvalue weighted by Crippen LogP contribution is 2.33. The number of carbonyl (C=O) groups excluding carboxylic acids is 2. The van der Waals surface area contributed by atoms with Crippen LogP contribution < -0.4 is 15.7 Å². The van der Waals surface area contributed by atoms with Crippen molar-refractivity contribution in [3.63, 3.8) is 0 Å². The number of nitro benzene ring substituents is 1. The number of nitro groups is 1. The van der Waals surface area contributed by atoms with Crippen LogP contribution in [0.1, 0.15) is 50.6 Å². The first-order chi connectivity index (χ1) is 12.9. The summed E-state index contributed by atoms with van der Waals surface area (Å²) in [5, 5.41) is 27.8. The number of carbonyl (C=O) groups is 2. The second-order valence-corrected chi connectivity index (χ2v) is 6.72. The van der Waals surface area contributed by atoms with Gasteiger partial charge >= 0.3 is 12.0 Å². The molecule has 3 rings (SSSR count). The predicted molar refractivity (Wildman–Crippen MR) is 92.6 cm³/mol. The first-order valence-corrected chi connectivity index (χ1v) is 8.81. The third kappa shape index (κ3) is 4.02. The van der Waals surface area contributed by atoms with Crippen LogP contribution in [0.25, 0.3) is 0 Å². The monoisotopic (exact) mass is 374 g/mol. The van der Waals surface area contributed by atoms with Crippen molar-refractivity contribution < 1.29 is 24.4 Å². The van der Waals surface area contributed by atoms with Crippen LogP contribution in [-0.2, 0) is 9.53 Å². The molecule has 9 heteroatoms. The predicted octanol–water partition coefficient (Wildman–Crippen LogP) is 2.17. The van der Waals surface area contributed by atoms with E-state index in [2.05, 4.69) is 10.6 Å². The van der Waals surface area contributed by atoms with E-state index >= 15 is 0 Å². The van der Waals surface area contributed by atoms with Gasteiger partial charge in [0.05, 0.1) is 16.5 Å². The molecule has 2 N–H and O–H groups in total. The van der Waals surface area contributed by atoms with Crippen LogP contribution >= 0.6 is 0 Å². The molecule has 1 aliphatic carbocycles. The van der Waals surface area contributed by atoms with Crippen molar-refractivity contribution in [2.75, 3.05) is 0 Å². The molecule has 1 aromatic carbocycles. The lowest BCUT2D eigenvalue weighted by atomic mass is 9.94. The maximum atomic E-state index is 12.8. The van der Waals surface area contributed by atoms with Crippen molar-refractivity contribution in [2.24, 2.45) is 0 Å². The number of esters is 1. The van der Waals surface area contributed by atoms with E-state index in [0.717, 1.165) is 44.2 Å². The second kappa shape index (κ2) is 7.65. The number of hydrogen-bond acceptors (Lipinski definition) is 6. The zero-order chi connectivity index (χ0) is 19.6. The Hall–Kier alpha value is -3.10. The summed E-state index contributed by atoms with van der Waals surface area (Å²) in [7, 11) is 0. The average Bonchev–Trinajstić information content (AvgIpc) is 2.62. The quantitative estimate of drug-likeness (QED) is 0.471. The van der Waals surface area contributed by atoms with Crippen LogP contribution in [0.5, 0.6) is 5.75 Å². The summed E-state index contributed by atoms with van der Waals surface area (Å²) in [6.07, 6.45) is 4.50. The number of hydrogen-bond donors (Lipinski definition) is 2. The average molecular weight is 374 g/mol. The number of nitrogens with zero attached hydrogens (tertiary/aromatic N) is 1. The molecule has 1 heterocycles. The molecule has 0 unspecified atom stereocenters. The van der Waals surface area contributed by atoms with Crippen molar-refractivity contribution in [3.8, 4) is 5.75 Å². The fourth-order valence-corrected chi connectivity index (χ4v) is 3.47. The molecular formula is C18H20N3O6-. The molecule has 1 saturated carbocycles. The minimum atomic E-state index is -0.936. The molecule has 9 nitrogen and oxygen atoms in total. The van der Waals surface area contributed by atoms with Gasteiger partial charge in [-0.15, -0.1) is 0 Å². The molecule has 0 radical (unpaired) electrons. The SMILES string of the molecule is CC1=C(C(=O)OC2CCCCC2)[C@@H](c2ccc([O-])c([N+](=O)[O-])c2)NC(=O)N1. The van der Waals surface area contributed by atoms with Crippen molar-refractivity contribution in [2.45, 2.75) is 51.2 Å². The van der Waals surface area contributed by atoms with Crippen LogP contribution in [0.2, 0.25) is 0 Å². The minimum Gasteiger partial charge on any atom is -0.868 e. The number of urea groups is 1. The molecule has 1 aliphatic heterocycles. The fourth-order valence-electron chi connectivity index (χ4n) is 3.47. The molecule has 1 aromatic rings. The van der Waals surface area contributed by atoms with Gasteiger partial charge < -0.3 is 20.5 Å². The molecular weight excluding hydrogens is 354 g/mol. The molecule has 1 atom stereocenters.